The lowest BCUT2D eigenvalue weighted by molar-refractivity contribution is 0.0156. The molecule has 2 heterocycles. The lowest BCUT2D eigenvalue weighted by Crippen LogP contribution is -2.22. The van der Waals surface area contributed by atoms with E-state index in [-0.39, 0.29) is 0 Å². The number of ether oxygens (including phenoxy) is 1. The highest BCUT2D eigenvalue weighted by Crippen LogP contribution is 2.33. The Labute approximate surface area is 119 Å². The number of H-pyrrole nitrogens is 1. The summed E-state index contributed by atoms with van der Waals surface area (Å²) in [6, 6.07) is 2.05. The second-order valence-corrected chi connectivity index (χ2v) is 6.21. The topological polar surface area (TPSA) is 37.9 Å². The maximum Gasteiger partial charge on any atom is 0.129 e. The third kappa shape index (κ3) is 3.42. The van der Waals surface area contributed by atoms with Crippen LogP contribution in [0.15, 0.2) is 6.07 Å². The Bertz CT molecular complexity index is 473. The number of hydrogen-bond donors (Lipinski definition) is 1. The predicted molar refractivity (Wildman–Crippen MR) is 77.9 cm³/mol. The van der Waals surface area contributed by atoms with Crippen LogP contribution in [0.4, 0.5) is 0 Å². The van der Waals surface area contributed by atoms with Crippen LogP contribution in [0.25, 0.3) is 0 Å². The van der Waals surface area contributed by atoms with Gasteiger partial charge in [0.15, 0.2) is 0 Å². The van der Waals surface area contributed by atoms with E-state index in [1.54, 1.807) is 0 Å². The van der Waals surface area contributed by atoms with Gasteiger partial charge in [-0.15, -0.1) is 0 Å². The molecular weight excluding hydrogens is 256 g/mol. The number of rotatable bonds is 3. The molecule has 1 aliphatic heterocycles. The molecule has 1 atom stereocenters. The van der Waals surface area contributed by atoms with Crippen LogP contribution in [0.5, 0.6) is 0 Å². The predicted octanol–water partition coefficient (Wildman–Crippen LogP) is 3.91. The first kappa shape index (κ1) is 13.3. The standard InChI is InChI=1S/C15H22N2OS/c19-15-10-13(11-5-1-2-6-11)16-14(17-15)9-12-7-3-4-8-18-12/h10-12H,1-9H2,(H,16,17,19). The lowest BCUT2D eigenvalue weighted by atomic mass is 10.0. The van der Waals surface area contributed by atoms with E-state index in [1.807, 2.05) is 0 Å². The molecule has 2 aliphatic rings. The van der Waals surface area contributed by atoms with Crippen LogP contribution >= 0.6 is 12.2 Å². The molecule has 0 bridgehead atoms. The molecule has 0 radical (unpaired) electrons. The normalized spacial score (nSPS) is 24.7. The third-order valence-electron chi connectivity index (χ3n) is 4.30. The first-order valence-corrected chi connectivity index (χ1v) is 7.94. The number of aromatic nitrogens is 2. The van der Waals surface area contributed by atoms with Gasteiger partial charge < -0.3 is 9.72 Å². The van der Waals surface area contributed by atoms with Gasteiger partial charge >= 0.3 is 0 Å². The number of nitrogens with zero attached hydrogens (tertiary/aromatic N) is 1. The Balaban J connectivity index is 1.74. The molecule has 3 rings (SSSR count). The summed E-state index contributed by atoms with van der Waals surface area (Å²) < 4.78 is 6.52. The molecule has 2 fully saturated rings. The van der Waals surface area contributed by atoms with Gasteiger partial charge in [-0.1, -0.05) is 25.1 Å². The first-order valence-electron chi connectivity index (χ1n) is 7.53. The van der Waals surface area contributed by atoms with Crippen molar-refractivity contribution < 1.29 is 4.74 Å². The van der Waals surface area contributed by atoms with Crippen molar-refractivity contribution in [2.75, 3.05) is 6.61 Å². The van der Waals surface area contributed by atoms with Crippen LogP contribution in [-0.4, -0.2) is 22.7 Å². The van der Waals surface area contributed by atoms with Gasteiger partial charge in [-0.2, -0.15) is 0 Å². The Hall–Kier alpha value is -0.740. The summed E-state index contributed by atoms with van der Waals surface area (Å²) in [7, 11) is 0. The zero-order valence-electron chi connectivity index (χ0n) is 11.4. The molecule has 3 nitrogen and oxygen atoms in total. The van der Waals surface area contributed by atoms with Gasteiger partial charge in [0.25, 0.3) is 0 Å². The average molecular weight is 278 g/mol. The zero-order valence-corrected chi connectivity index (χ0v) is 12.2. The highest BCUT2D eigenvalue weighted by molar-refractivity contribution is 7.71. The minimum absolute atomic E-state index is 0.325. The second kappa shape index (κ2) is 6.14. The molecule has 1 unspecified atom stereocenters. The molecule has 1 saturated heterocycles. The Morgan fingerprint density at radius 3 is 2.74 bits per heavy atom. The minimum Gasteiger partial charge on any atom is -0.378 e. The molecule has 0 spiro atoms. The number of aromatic amines is 1. The first-order chi connectivity index (χ1) is 9.31. The molecule has 0 amide bonds. The fourth-order valence-corrected chi connectivity index (χ4v) is 3.50. The highest BCUT2D eigenvalue weighted by Gasteiger charge is 2.20. The molecule has 19 heavy (non-hydrogen) atoms. The maximum atomic E-state index is 5.79. The van der Waals surface area contributed by atoms with Crippen molar-refractivity contribution >= 4 is 12.2 Å². The molecule has 1 N–H and O–H groups in total. The van der Waals surface area contributed by atoms with Crippen molar-refractivity contribution in [2.24, 2.45) is 0 Å². The van der Waals surface area contributed by atoms with Crippen molar-refractivity contribution in [3.8, 4) is 0 Å². The lowest BCUT2D eigenvalue weighted by Gasteiger charge is -2.22. The van der Waals surface area contributed by atoms with Gasteiger partial charge in [-0.05, 0) is 44.1 Å². The van der Waals surface area contributed by atoms with E-state index in [9.17, 15) is 0 Å². The molecule has 104 valence electrons. The highest BCUT2D eigenvalue weighted by atomic mass is 32.1. The van der Waals surface area contributed by atoms with Crippen LogP contribution in [0.1, 0.15) is 62.4 Å². The number of hydrogen-bond acceptors (Lipinski definition) is 3. The SMILES string of the molecule is S=c1cc(C2CCCC2)[nH]c(CC2CCCCO2)n1. The van der Waals surface area contributed by atoms with Crippen LogP contribution < -0.4 is 0 Å². The summed E-state index contributed by atoms with van der Waals surface area (Å²) in [6.07, 6.45) is 10.1. The van der Waals surface area contributed by atoms with E-state index in [0.29, 0.717) is 12.0 Å². The molecular formula is C15H22N2OS. The fraction of sp³-hybridized carbons (Fsp3) is 0.733. The van der Waals surface area contributed by atoms with Crippen molar-refractivity contribution in [1.82, 2.24) is 9.97 Å². The monoisotopic (exact) mass is 278 g/mol. The molecule has 1 aromatic rings. The van der Waals surface area contributed by atoms with Gasteiger partial charge in [0.1, 0.15) is 10.5 Å². The molecule has 4 heteroatoms. The van der Waals surface area contributed by atoms with Crippen molar-refractivity contribution in [3.63, 3.8) is 0 Å². The molecule has 1 saturated carbocycles. The quantitative estimate of drug-likeness (QED) is 0.852. The van der Waals surface area contributed by atoms with Gasteiger partial charge in [-0.3, -0.25) is 0 Å². The van der Waals surface area contributed by atoms with Gasteiger partial charge in [0.05, 0.1) is 6.10 Å². The maximum absolute atomic E-state index is 5.79. The summed E-state index contributed by atoms with van der Waals surface area (Å²) in [4.78, 5) is 8.00. The van der Waals surface area contributed by atoms with E-state index >= 15 is 0 Å². The van der Waals surface area contributed by atoms with E-state index in [4.69, 9.17) is 17.0 Å². The van der Waals surface area contributed by atoms with Gasteiger partial charge in [0.2, 0.25) is 0 Å². The van der Waals surface area contributed by atoms with E-state index in [2.05, 4.69) is 16.0 Å². The average Bonchev–Trinajstić information content (AvgIpc) is 2.93. The van der Waals surface area contributed by atoms with Crippen molar-refractivity contribution in [2.45, 2.75) is 63.4 Å². The van der Waals surface area contributed by atoms with E-state index in [1.165, 1.54) is 44.2 Å². The zero-order chi connectivity index (χ0) is 13.1. The van der Waals surface area contributed by atoms with Crippen LogP contribution in [0, 0.1) is 4.64 Å². The van der Waals surface area contributed by atoms with Crippen LogP contribution in [0.2, 0.25) is 0 Å². The summed E-state index contributed by atoms with van der Waals surface area (Å²) in [5.41, 5.74) is 1.29. The third-order valence-corrected chi connectivity index (χ3v) is 4.51. The molecule has 1 aliphatic carbocycles. The molecule has 0 aromatic carbocycles. The smallest absolute Gasteiger partial charge is 0.129 e. The van der Waals surface area contributed by atoms with E-state index in [0.717, 1.165) is 29.9 Å². The Morgan fingerprint density at radius 1 is 1.21 bits per heavy atom. The fourth-order valence-electron chi connectivity index (χ4n) is 3.27. The minimum atomic E-state index is 0.325. The number of nitrogens with one attached hydrogen (secondary N) is 1. The van der Waals surface area contributed by atoms with E-state index < -0.39 is 0 Å². The van der Waals surface area contributed by atoms with Crippen LogP contribution in [0.3, 0.4) is 0 Å². The summed E-state index contributed by atoms with van der Waals surface area (Å²) in [6.45, 7) is 0.897. The Morgan fingerprint density at radius 2 is 2.00 bits per heavy atom. The molecule has 1 aromatic heterocycles. The summed E-state index contributed by atoms with van der Waals surface area (Å²) >= 11 is 5.32. The van der Waals surface area contributed by atoms with Crippen LogP contribution in [-0.2, 0) is 11.2 Å². The second-order valence-electron chi connectivity index (χ2n) is 5.80. The van der Waals surface area contributed by atoms with Gasteiger partial charge in [0, 0.05) is 18.7 Å². The van der Waals surface area contributed by atoms with Gasteiger partial charge in [-0.25, -0.2) is 4.98 Å². The van der Waals surface area contributed by atoms with Crippen molar-refractivity contribution in [3.05, 3.63) is 22.2 Å². The summed E-state index contributed by atoms with van der Waals surface area (Å²) in [5, 5.41) is 0. The van der Waals surface area contributed by atoms with Crippen molar-refractivity contribution in [1.29, 1.82) is 0 Å². The largest absolute Gasteiger partial charge is 0.378 e. The summed E-state index contributed by atoms with van der Waals surface area (Å²) in [5.74, 6) is 1.68. The Kier molecular flexibility index (Phi) is 4.28.